The summed E-state index contributed by atoms with van der Waals surface area (Å²) in [4.78, 5) is 23.0. The molecule has 0 aliphatic heterocycles. The Balaban J connectivity index is 2.40. The van der Waals surface area contributed by atoms with Crippen LogP contribution in [-0.4, -0.2) is 23.9 Å². The number of amides is 2. The predicted molar refractivity (Wildman–Crippen MR) is 62.8 cm³/mol. The van der Waals surface area contributed by atoms with Crippen molar-refractivity contribution < 1.29 is 9.59 Å². The van der Waals surface area contributed by atoms with Crippen LogP contribution in [0.25, 0.3) is 0 Å². The van der Waals surface area contributed by atoms with E-state index in [-0.39, 0.29) is 12.1 Å². The van der Waals surface area contributed by atoms with Crippen LogP contribution < -0.4 is 10.6 Å². The smallest absolute Gasteiger partial charge is 0.309 e. The number of hydrogen-bond donors (Lipinski definition) is 2. The second kappa shape index (κ2) is 5.87. The molecule has 4 heteroatoms. The highest BCUT2D eigenvalue weighted by Gasteiger charge is 2.25. The van der Waals surface area contributed by atoms with E-state index in [1.807, 2.05) is 13.8 Å². The van der Waals surface area contributed by atoms with Crippen LogP contribution in [0.15, 0.2) is 0 Å². The fourth-order valence-electron chi connectivity index (χ4n) is 2.09. The minimum absolute atomic E-state index is 0.00188. The summed E-state index contributed by atoms with van der Waals surface area (Å²) >= 11 is 0. The molecule has 16 heavy (non-hydrogen) atoms. The molecule has 0 saturated heterocycles. The van der Waals surface area contributed by atoms with Crippen LogP contribution in [-0.2, 0) is 9.59 Å². The summed E-state index contributed by atoms with van der Waals surface area (Å²) in [5, 5.41) is 5.42. The average Bonchev–Trinajstić information content (AvgIpc) is 2.20. The third-order valence-corrected chi connectivity index (χ3v) is 3.05. The standard InChI is InChI=1S/C12H22N2O2/c1-8(2)13-11(15)12(16)14-10-7-5-4-6-9(10)3/h8-10H,4-7H2,1-3H3,(H,13,15)(H,14,16)/t9-,10-/m1/s1. The predicted octanol–water partition coefficient (Wildman–Crippen LogP) is 1.21. The zero-order valence-electron chi connectivity index (χ0n) is 10.4. The first-order valence-electron chi connectivity index (χ1n) is 6.12. The van der Waals surface area contributed by atoms with Gasteiger partial charge in [-0.15, -0.1) is 0 Å². The molecule has 4 nitrogen and oxygen atoms in total. The van der Waals surface area contributed by atoms with E-state index < -0.39 is 11.8 Å². The molecule has 0 bridgehead atoms. The monoisotopic (exact) mass is 226 g/mol. The Morgan fingerprint density at radius 2 is 1.75 bits per heavy atom. The van der Waals surface area contributed by atoms with Crippen molar-refractivity contribution in [1.82, 2.24) is 10.6 Å². The average molecular weight is 226 g/mol. The van der Waals surface area contributed by atoms with E-state index in [2.05, 4.69) is 17.6 Å². The van der Waals surface area contributed by atoms with Crippen molar-refractivity contribution in [2.24, 2.45) is 5.92 Å². The lowest BCUT2D eigenvalue weighted by atomic mass is 9.86. The lowest BCUT2D eigenvalue weighted by Gasteiger charge is -2.29. The Labute approximate surface area is 97.2 Å². The van der Waals surface area contributed by atoms with Crippen molar-refractivity contribution in [1.29, 1.82) is 0 Å². The maximum atomic E-state index is 11.6. The van der Waals surface area contributed by atoms with Gasteiger partial charge in [0, 0.05) is 12.1 Å². The lowest BCUT2D eigenvalue weighted by molar-refractivity contribution is -0.140. The second-order valence-corrected chi connectivity index (χ2v) is 4.97. The van der Waals surface area contributed by atoms with Gasteiger partial charge < -0.3 is 10.6 Å². The van der Waals surface area contributed by atoms with Gasteiger partial charge in [0.05, 0.1) is 0 Å². The Bertz CT molecular complexity index is 264. The molecule has 1 fully saturated rings. The molecule has 0 aromatic heterocycles. The fraction of sp³-hybridized carbons (Fsp3) is 0.833. The number of carbonyl (C=O) groups is 2. The highest BCUT2D eigenvalue weighted by atomic mass is 16.2. The molecule has 0 unspecified atom stereocenters. The van der Waals surface area contributed by atoms with Crippen LogP contribution in [0.3, 0.4) is 0 Å². The maximum absolute atomic E-state index is 11.6. The van der Waals surface area contributed by atoms with E-state index in [0.717, 1.165) is 19.3 Å². The van der Waals surface area contributed by atoms with E-state index in [1.165, 1.54) is 6.42 Å². The molecule has 92 valence electrons. The molecule has 0 spiro atoms. The summed E-state index contributed by atoms with van der Waals surface area (Å²) in [6.07, 6.45) is 4.49. The summed E-state index contributed by atoms with van der Waals surface area (Å²) in [5.74, 6) is -0.537. The van der Waals surface area contributed by atoms with E-state index in [4.69, 9.17) is 0 Å². The van der Waals surface area contributed by atoms with Crippen LogP contribution >= 0.6 is 0 Å². The minimum atomic E-state index is -0.521. The molecule has 0 heterocycles. The van der Waals surface area contributed by atoms with Crippen molar-refractivity contribution in [3.05, 3.63) is 0 Å². The lowest BCUT2D eigenvalue weighted by Crippen LogP contribution is -2.49. The van der Waals surface area contributed by atoms with Crippen molar-refractivity contribution in [3.8, 4) is 0 Å². The van der Waals surface area contributed by atoms with Crippen LogP contribution in [0.1, 0.15) is 46.5 Å². The van der Waals surface area contributed by atoms with Gasteiger partial charge in [-0.05, 0) is 32.6 Å². The highest BCUT2D eigenvalue weighted by molar-refractivity contribution is 6.35. The van der Waals surface area contributed by atoms with Crippen LogP contribution in [0, 0.1) is 5.92 Å². The Kier molecular flexibility index (Phi) is 4.77. The van der Waals surface area contributed by atoms with Gasteiger partial charge in [-0.1, -0.05) is 19.8 Å². The molecule has 0 aromatic rings. The van der Waals surface area contributed by atoms with Crippen molar-refractivity contribution in [2.75, 3.05) is 0 Å². The first-order valence-corrected chi connectivity index (χ1v) is 6.12. The van der Waals surface area contributed by atoms with Gasteiger partial charge in [0.15, 0.2) is 0 Å². The molecule has 2 atom stereocenters. The van der Waals surface area contributed by atoms with Gasteiger partial charge in [0.25, 0.3) is 0 Å². The second-order valence-electron chi connectivity index (χ2n) is 4.97. The van der Waals surface area contributed by atoms with Crippen molar-refractivity contribution in [3.63, 3.8) is 0 Å². The quantitative estimate of drug-likeness (QED) is 0.695. The largest absolute Gasteiger partial charge is 0.346 e. The van der Waals surface area contributed by atoms with Crippen molar-refractivity contribution >= 4 is 11.8 Å². The van der Waals surface area contributed by atoms with Gasteiger partial charge in [-0.2, -0.15) is 0 Å². The van der Waals surface area contributed by atoms with Gasteiger partial charge >= 0.3 is 11.8 Å². The number of hydrogen-bond acceptors (Lipinski definition) is 2. The topological polar surface area (TPSA) is 58.2 Å². The third-order valence-electron chi connectivity index (χ3n) is 3.05. The Hall–Kier alpha value is -1.06. The summed E-state index contributed by atoms with van der Waals surface area (Å²) in [5.41, 5.74) is 0. The van der Waals surface area contributed by atoms with Crippen LogP contribution in [0.4, 0.5) is 0 Å². The summed E-state index contributed by atoms with van der Waals surface area (Å²) in [7, 11) is 0. The molecular formula is C12H22N2O2. The molecule has 1 saturated carbocycles. The number of rotatable bonds is 2. The molecule has 1 aliphatic rings. The summed E-state index contributed by atoms with van der Waals surface area (Å²) in [6, 6.07) is 0.168. The number of carbonyl (C=O) groups excluding carboxylic acids is 2. The zero-order valence-corrected chi connectivity index (χ0v) is 10.4. The molecule has 0 aromatic carbocycles. The Morgan fingerprint density at radius 1 is 1.12 bits per heavy atom. The molecule has 2 N–H and O–H groups in total. The minimum Gasteiger partial charge on any atom is -0.346 e. The summed E-state index contributed by atoms with van der Waals surface area (Å²) < 4.78 is 0. The molecule has 0 radical (unpaired) electrons. The normalized spacial score (nSPS) is 25.2. The van der Waals surface area contributed by atoms with Crippen LogP contribution in [0.2, 0.25) is 0 Å². The van der Waals surface area contributed by atoms with E-state index in [9.17, 15) is 9.59 Å². The van der Waals surface area contributed by atoms with E-state index in [1.54, 1.807) is 0 Å². The SMILES string of the molecule is CC(C)NC(=O)C(=O)N[C@@H]1CCCC[C@H]1C. The van der Waals surface area contributed by atoms with Crippen molar-refractivity contribution in [2.45, 2.75) is 58.5 Å². The first kappa shape index (κ1) is 13.0. The van der Waals surface area contributed by atoms with Gasteiger partial charge in [-0.3, -0.25) is 9.59 Å². The maximum Gasteiger partial charge on any atom is 0.309 e. The third kappa shape index (κ3) is 3.83. The van der Waals surface area contributed by atoms with Gasteiger partial charge in [-0.25, -0.2) is 0 Å². The zero-order chi connectivity index (χ0) is 12.1. The molecule has 1 aliphatic carbocycles. The van der Waals surface area contributed by atoms with Crippen LogP contribution in [0.5, 0.6) is 0 Å². The molecular weight excluding hydrogens is 204 g/mol. The first-order chi connectivity index (χ1) is 7.50. The van der Waals surface area contributed by atoms with E-state index >= 15 is 0 Å². The van der Waals surface area contributed by atoms with Gasteiger partial charge in [0.1, 0.15) is 0 Å². The summed E-state index contributed by atoms with van der Waals surface area (Å²) in [6.45, 7) is 5.81. The molecule has 1 rings (SSSR count). The number of nitrogens with one attached hydrogen (secondary N) is 2. The Morgan fingerprint density at radius 3 is 2.31 bits per heavy atom. The molecule has 2 amide bonds. The highest BCUT2D eigenvalue weighted by Crippen LogP contribution is 2.23. The van der Waals surface area contributed by atoms with E-state index in [0.29, 0.717) is 5.92 Å². The fourth-order valence-corrected chi connectivity index (χ4v) is 2.09. The van der Waals surface area contributed by atoms with Gasteiger partial charge in [0.2, 0.25) is 0 Å².